The van der Waals surface area contributed by atoms with Crippen molar-refractivity contribution in [2.75, 3.05) is 0 Å². The largest absolute Gasteiger partial charge is 0.359 e. The second kappa shape index (κ2) is 6.86. The minimum Gasteiger partial charge on any atom is -0.359 e. The van der Waals surface area contributed by atoms with Crippen LogP contribution in [-0.4, -0.2) is 21.9 Å². The molecule has 0 spiro atoms. The number of nitrogens with one attached hydrogen (secondary N) is 2. The summed E-state index contributed by atoms with van der Waals surface area (Å²) in [6.45, 7) is 0. The third kappa shape index (κ3) is 3.07. The Morgan fingerprint density at radius 1 is 1.12 bits per heavy atom. The second-order valence-corrected chi connectivity index (χ2v) is 6.72. The fraction of sp³-hybridized carbons (Fsp3) is 0.300. The Hall–Kier alpha value is -2.76. The van der Waals surface area contributed by atoms with Gasteiger partial charge in [-0.05, 0) is 37.1 Å². The number of carbonyl (C=O) groups excluding carboxylic acids is 1. The van der Waals surface area contributed by atoms with E-state index in [-0.39, 0.29) is 28.6 Å². The third-order valence-corrected chi connectivity index (χ3v) is 4.97. The predicted octanol–water partition coefficient (Wildman–Crippen LogP) is 4.57. The van der Waals surface area contributed by atoms with E-state index in [9.17, 15) is 13.6 Å². The van der Waals surface area contributed by atoms with Crippen molar-refractivity contribution in [2.45, 2.75) is 38.1 Å². The van der Waals surface area contributed by atoms with Gasteiger partial charge in [0.05, 0.1) is 17.4 Å². The quantitative estimate of drug-likeness (QED) is 0.723. The smallest absolute Gasteiger partial charge is 0.251 e. The number of hydrogen-bond acceptors (Lipinski definition) is 2. The fourth-order valence-electron chi connectivity index (χ4n) is 3.60. The van der Waals surface area contributed by atoms with E-state index in [1.165, 1.54) is 18.6 Å². The maximum Gasteiger partial charge on any atom is 0.251 e. The third-order valence-electron chi connectivity index (χ3n) is 4.97. The van der Waals surface area contributed by atoms with Crippen molar-refractivity contribution in [1.29, 1.82) is 0 Å². The number of fused-ring (bicyclic) bond motifs is 1. The molecule has 134 valence electrons. The maximum atomic E-state index is 14.7. The fourth-order valence-corrected chi connectivity index (χ4v) is 3.60. The van der Waals surface area contributed by atoms with Gasteiger partial charge in [-0.1, -0.05) is 19.3 Å². The van der Waals surface area contributed by atoms with Crippen molar-refractivity contribution in [3.05, 3.63) is 53.9 Å². The number of nitrogens with zero attached hydrogens (tertiary/aromatic N) is 1. The van der Waals surface area contributed by atoms with E-state index < -0.39 is 11.6 Å². The van der Waals surface area contributed by atoms with E-state index in [1.807, 2.05) is 0 Å². The van der Waals surface area contributed by atoms with Crippen LogP contribution in [0.2, 0.25) is 0 Å². The van der Waals surface area contributed by atoms with Crippen molar-refractivity contribution < 1.29 is 13.6 Å². The number of rotatable bonds is 3. The number of benzene rings is 1. The van der Waals surface area contributed by atoms with Crippen LogP contribution >= 0.6 is 0 Å². The van der Waals surface area contributed by atoms with Crippen LogP contribution < -0.4 is 5.32 Å². The lowest BCUT2D eigenvalue weighted by Crippen LogP contribution is -2.36. The summed E-state index contributed by atoms with van der Waals surface area (Å²) in [7, 11) is 0. The van der Waals surface area contributed by atoms with Gasteiger partial charge in [0, 0.05) is 28.8 Å². The Morgan fingerprint density at radius 3 is 2.69 bits per heavy atom. The summed E-state index contributed by atoms with van der Waals surface area (Å²) < 4.78 is 28.5. The molecule has 2 heterocycles. The first-order valence-corrected chi connectivity index (χ1v) is 8.86. The van der Waals surface area contributed by atoms with Crippen molar-refractivity contribution in [1.82, 2.24) is 15.3 Å². The molecule has 1 aliphatic rings. The standard InChI is InChI=1S/C20H19F2N3O/c21-16-10-12(20(26)25-13-4-2-1-3-5-13)6-7-14(16)18-15-8-9-23-19(15)17(22)11-24-18/h6-11,13,23H,1-5H2,(H,25,26). The maximum absolute atomic E-state index is 14.7. The minimum atomic E-state index is -0.553. The normalized spacial score (nSPS) is 15.3. The van der Waals surface area contributed by atoms with Crippen LogP contribution in [0.1, 0.15) is 42.5 Å². The molecule has 1 amide bonds. The number of aromatic nitrogens is 2. The van der Waals surface area contributed by atoms with E-state index in [4.69, 9.17) is 0 Å². The molecule has 2 N–H and O–H groups in total. The van der Waals surface area contributed by atoms with Crippen molar-refractivity contribution >= 4 is 16.8 Å². The molecule has 1 saturated carbocycles. The summed E-state index contributed by atoms with van der Waals surface area (Å²) in [4.78, 5) is 19.2. The van der Waals surface area contributed by atoms with Crippen molar-refractivity contribution in [3.8, 4) is 11.3 Å². The van der Waals surface area contributed by atoms with Gasteiger partial charge in [0.25, 0.3) is 5.91 Å². The van der Waals surface area contributed by atoms with Crippen molar-refractivity contribution in [3.63, 3.8) is 0 Å². The average molecular weight is 355 g/mol. The number of halogens is 2. The van der Waals surface area contributed by atoms with Crippen LogP contribution in [0.15, 0.2) is 36.7 Å². The summed E-state index contributed by atoms with van der Waals surface area (Å²) in [5.41, 5.74) is 1.15. The topological polar surface area (TPSA) is 57.8 Å². The van der Waals surface area contributed by atoms with Gasteiger partial charge in [0.2, 0.25) is 0 Å². The van der Waals surface area contributed by atoms with Gasteiger partial charge < -0.3 is 10.3 Å². The molecular weight excluding hydrogens is 336 g/mol. The zero-order valence-electron chi connectivity index (χ0n) is 14.2. The predicted molar refractivity (Wildman–Crippen MR) is 95.8 cm³/mol. The minimum absolute atomic E-state index is 0.164. The van der Waals surface area contributed by atoms with Crippen LogP contribution in [0.4, 0.5) is 8.78 Å². The molecule has 0 unspecified atom stereocenters. The Morgan fingerprint density at radius 2 is 1.92 bits per heavy atom. The molecule has 1 fully saturated rings. The molecule has 3 aromatic rings. The van der Waals surface area contributed by atoms with E-state index in [0.29, 0.717) is 11.1 Å². The lowest BCUT2D eigenvalue weighted by atomic mass is 9.95. The van der Waals surface area contributed by atoms with Crippen LogP contribution in [-0.2, 0) is 0 Å². The number of H-pyrrole nitrogens is 1. The Balaban J connectivity index is 1.62. The Labute approximate surface area is 149 Å². The van der Waals surface area contributed by atoms with E-state index in [2.05, 4.69) is 15.3 Å². The molecule has 0 radical (unpaired) electrons. The zero-order valence-corrected chi connectivity index (χ0v) is 14.2. The van der Waals surface area contributed by atoms with Gasteiger partial charge in [-0.25, -0.2) is 8.78 Å². The SMILES string of the molecule is O=C(NC1CCCCC1)c1ccc(-c2ncc(F)c3[nH]ccc23)c(F)c1. The van der Waals surface area contributed by atoms with Gasteiger partial charge in [-0.3, -0.25) is 9.78 Å². The number of hydrogen-bond donors (Lipinski definition) is 2. The molecule has 0 atom stereocenters. The first-order valence-electron chi connectivity index (χ1n) is 8.86. The lowest BCUT2D eigenvalue weighted by molar-refractivity contribution is 0.0927. The highest BCUT2D eigenvalue weighted by molar-refractivity contribution is 5.96. The monoisotopic (exact) mass is 355 g/mol. The summed E-state index contributed by atoms with van der Waals surface area (Å²) in [6.07, 6.45) is 8.02. The lowest BCUT2D eigenvalue weighted by Gasteiger charge is -2.22. The van der Waals surface area contributed by atoms with E-state index >= 15 is 0 Å². The van der Waals surface area contributed by atoms with Gasteiger partial charge in [0.15, 0.2) is 5.82 Å². The second-order valence-electron chi connectivity index (χ2n) is 6.72. The zero-order chi connectivity index (χ0) is 18.1. The number of carbonyl (C=O) groups is 1. The molecule has 4 nitrogen and oxygen atoms in total. The first-order chi connectivity index (χ1) is 12.6. The molecule has 6 heteroatoms. The van der Waals surface area contributed by atoms with Crippen molar-refractivity contribution in [2.24, 2.45) is 0 Å². The molecular formula is C20H19F2N3O. The highest BCUT2D eigenvalue weighted by Gasteiger charge is 2.19. The Kier molecular flexibility index (Phi) is 4.41. The Bertz CT molecular complexity index is 961. The molecule has 26 heavy (non-hydrogen) atoms. The van der Waals surface area contributed by atoms with Gasteiger partial charge in [-0.15, -0.1) is 0 Å². The van der Waals surface area contributed by atoms with Crippen LogP contribution in [0.5, 0.6) is 0 Å². The summed E-state index contributed by atoms with van der Waals surface area (Å²) in [5.74, 6) is -1.30. The summed E-state index contributed by atoms with van der Waals surface area (Å²) in [6, 6.07) is 6.15. The van der Waals surface area contributed by atoms with Gasteiger partial charge in [-0.2, -0.15) is 0 Å². The summed E-state index contributed by atoms with van der Waals surface area (Å²) >= 11 is 0. The molecule has 2 aromatic heterocycles. The number of aromatic amines is 1. The molecule has 0 bridgehead atoms. The summed E-state index contributed by atoms with van der Waals surface area (Å²) in [5, 5.41) is 3.48. The molecule has 1 aliphatic carbocycles. The first kappa shape index (κ1) is 16.7. The van der Waals surface area contributed by atoms with Crippen LogP contribution in [0.25, 0.3) is 22.2 Å². The van der Waals surface area contributed by atoms with E-state index in [1.54, 1.807) is 18.3 Å². The molecule has 4 rings (SSSR count). The van der Waals surface area contributed by atoms with Crippen LogP contribution in [0, 0.1) is 11.6 Å². The van der Waals surface area contributed by atoms with Gasteiger partial charge in [0.1, 0.15) is 5.82 Å². The van der Waals surface area contributed by atoms with E-state index in [0.717, 1.165) is 31.9 Å². The van der Waals surface area contributed by atoms with Gasteiger partial charge >= 0.3 is 0 Å². The average Bonchev–Trinajstić information content (AvgIpc) is 3.14. The number of pyridine rings is 1. The highest BCUT2D eigenvalue weighted by Crippen LogP contribution is 2.30. The number of amides is 1. The van der Waals surface area contributed by atoms with Crippen LogP contribution in [0.3, 0.4) is 0 Å². The molecule has 1 aromatic carbocycles. The highest BCUT2D eigenvalue weighted by atomic mass is 19.1. The molecule has 0 saturated heterocycles. The molecule has 0 aliphatic heterocycles.